The molecule has 68 heavy (non-hydrogen) atoms. The van der Waals surface area contributed by atoms with Crippen LogP contribution in [-0.2, 0) is 0 Å². The molecule has 0 bridgehead atoms. The Bertz CT molecular complexity index is 4420. The monoisotopic (exact) mass is 883 g/mol. The highest BCUT2D eigenvalue weighted by Crippen LogP contribution is 2.48. The van der Waals surface area contributed by atoms with E-state index in [-0.39, 0.29) is 0 Å². The lowest BCUT2D eigenvalue weighted by Gasteiger charge is -2.15. The van der Waals surface area contributed by atoms with Crippen LogP contribution < -0.4 is 0 Å². The lowest BCUT2D eigenvalue weighted by Crippen LogP contribution is -1.98. The van der Waals surface area contributed by atoms with Crippen LogP contribution in [0.4, 0.5) is 0 Å². The molecule has 15 rings (SSSR count). The van der Waals surface area contributed by atoms with E-state index in [1.807, 2.05) is 17.5 Å². The summed E-state index contributed by atoms with van der Waals surface area (Å²) in [6.45, 7) is 0. The van der Waals surface area contributed by atoms with Gasteiger partial charge in [-0.05, 0) is 72.3 Å². The molecule has 0 fully saturated rings. The molecule has 0 aliphatic rings. The van der Waals surface area contributed by atoms with Crippen LogP contribution in [0.1, 0.15) is 0 Å². The predicted octanol–water partition coefficient (Wildman–Crippen LogP) is 16.6. The predicted molar refractivity (Wildman–Crippen MR) is 286 cm³/mol. The Morgan fingerprint density at radius 1 is 0.309 bits per heavy atom. The van der Waals surface area contributed by atoms with Crippen LogP contribution in [0.25, 0.3) is 136 Å². The van der Waals surface area contributed by atoms with Gasteiger partial charge in [-0.3, -0.25) is 9.97 Å². The molecular formula is C62H37N5S. The zero-order valence-corrected chi connectivity index (χ0v) is 37.3. The summed E-state index contributed by atoms with van der Waals surface area (Å²) in [4.78, 5) is 10.1. The van der Waals surface area contributed by atoms with E-state index in [1.165, 1.54) is 85.7 Å². The van der Waals surface area contributed by atoms with Gasteiger partial charge < -0.3 is 13.7 Å². The van der Waals surface area contributed by atoms with Crippen LogP contribution in [0.3, 0.4) is 0 Å². The third-order valence-corrected chi connectivity index (χ3v) is 15.4. The minimum absolute atomic E-state index is 0.847. The van der Waals surface area contributed by atoms with Crippen molar-refractivity contribution in [3.05, 3.63) is 225 Å². The summed E-state index contributed by atoms with van der Waals surface area (Å²) in [6.07, 6.45) is 3.62. The maximum absolute atomic E-state index is 5.08. The van der Waals surface area contributed by atoms with E-state index in [9.17, 15) is 0 Å². The Balaban J connectivity index is 1.05. The van der Waals surface area contributed by atoms with Gasteiger partial charge in [0.15, 0.2) is 0 Å². The molecule has 5 aromatic heterocycles. The van der Waals surface area contributed by atoms with Crippen molar-refractivity contribution in [1.29, 1.82) is 0 Å². The second-order valence-electron chi connectivity index (χ2n) is 17.7. The van der Waals surface area contributed by atoms with Crippen molar-refractivity contribution >= 4 is 108 Å². The van der Waals surface area contributed by atoms with Crippen molar-refractivity contribution in [2.75, 3.05) is 0 Å². The van der Waals surface area contributed by atoms with Crippen molar-refractivity contribution in [3.63, 3.8) is 0 Å². The summed E-state index contributed by atoms with van der Waals surface area (Å²) in [7, 11) is 0. The average Bonchev–Trinajstić information content (AvgIpc) is 4.15. The number of hydrogen-bond donors (Lipinski definition) is 0. The average molecular weight is 884 g/mol. The topological polar surface area (TPSA) is 40.6 Å². The highest BCUT2D eigenvalue weighted by molar-refractivity contribution is 7.26. The van der Waals surface area contributed by atoms with E-state index in [4.69, 9.17) is 9.97 Å². The summed E-state index contributed by atoms with van der Waals surface area (Å²) >= 11 is 1.89. The number of aromatic nitrogens is 5. The first-order valence-corrected chi connectivity index (χ1v) is 23.9. The lowest BCUT2D eigenvalue weighted by atomic mass is 9.97. The maximum atomic E-state index is 5.08. The second-order valence-corrected chi connectivity index (χ2v) is 18.7. The van der Waals surface area contributed by atoms with E-state index >= 15 is 0 Å². The van der Waals surface area contributed by atoms with Crippen molar-refractivity contribution in [2.24, 2.45) is 0 Å². The van der Waals surface area contributed by atoms with E-state index in [0.29, 0.717) is 0 Å². The van der Waals surface area contributed by atoms with Crippen molar-refractivity contribution < 1.29 is 0 Å². The number of fused-ring (bicyclic) bond motifs is 13. The van der Waals surface area contributed by atoms with Crippen LogP contribution in [0.5, 0.6) is 0 Å². The molecule has 0 aliphatic carbocycles. The van der Waals surface area contributed by atoms with Crippen LogP contribution in [0, 0.1) is 0 Å². The third kappa shape index (κ3) is 5.26. The molecule has 10 aromatic carbocycles. The molecule has 0 amide bonds. The summed E-state index contributed by atoms with van der Waals surface area (Å²) < 4.78 is 9.80. The SMILES string of the molecule is c1ccc(-n2c3ccccc3c3ccccc32)c(-c2cccc3c2sc2c(-n4c5ccccc5c5ccccc54)cc(-c4cc(-n5c6ccccc6c6ccccc65)cc5nccnc45)cc23)c1. The molecule has 0 saturated carbocycles. The van der Waals surface area contributed by atoms with Crippen LogP contribution in [0.2, 0.25) is 0 Å². The van der Waals surface area contributed by atoms with Crippen LogP contribution in [0.15, 0.2) is 225 Å². The largest absolute Gasteiger partial charge is 0.309 e. The van der Waals surface area contributed by atoms with Gasteiger partial charge in [-0.25, -0.2) is 0 Å². The quantitative estimate of drug-likeness (QED) is 0.173. The molecule has 316 valence electrons. The van der Waals surface area contributed by atoms with Gasteiger partial charge in [-0.2, -0.15) is 0 Å². The summed E-state index contributed by atoms with van der Waals surface area (Å²) in [6, 6.07) is 77.7. The first-order chi connectivity index (χ1) is 33.8. The summed E-state index contributed by atoms with van der Waals surface area (Å²) in [5.74, 6) is 0. The fourth-order valence-corrected chi connectivity index (χ4v) is 12.6. The molecule has 15 aromatic rings. The van der Waals surface area contributed by atoms with Crippen LogP contribution in [-0.4, -0.2) is 23.7 Å². The molecule has 6 heteroatoms. The summed E-state index contributed by atoms with van der Waals surface area (Å²) in [5, 5.41) is 9.83. The van der Waals surface area contributed by atoms with Gasteiger partial charge in [0.05, 0.1) is 60.2 Å². The van der Waals surface area contributed by atoms with Crippen molar-refractivity contribution in [1.82, 2.24) is 23.7 Å². The fourth-order valence-electron chi connectivity index (χ4n) is 11.3. The molecule has 0 radical (unpaired) electrons. The van der Waals surface area contributed by atoms with Gasteiger partial charge in [0.2, 0.25) is 0 Å². The van der Waals surface area contributed by atoms with Gasteiger partial charge in [0.25, 0.3) is 0 Å². The minimum atomic E-state index is 0.847. The van der Waals surface area contributed by atoms with Crippen LogP contribution >= 0.6 is 11.3 Å². The second kappa shape index (κ2) is 14.3. The third-order valence-electron chi connectivity index (χ3n) is 14.1. The highest BCUT2D eigenvalue weighted by atomic mass is 32.1. The highest BCUT2D eigenvalue weighted by Gasteiger charge is 2.23. The normalized spacial score (nSPS) is 12.1. The molecule has 0 N–H and O–H groups in total. The van der Waals surface area contributed by atoms with Crippen molar-refractivity contribution in [3.8, 4) is 39.3 Å². The Hall–Kier alpha value is -8.84. The Labute approximate surface area is 393 Å². The smallest absolute Gasteiger partial charge is 0.0966 e. The molecular weight excluding hydrogens is 847 g/mol. The van der Waals surface area contributed by atoms with Gasteiger partial charge in [0, 0.05) is 82.6 Å². The Morgan fingerprint density at radius 3 is 1.34 bits per heavy atom. The first-order valence-electron chi connectivity index (χ1n) is 23.1. The lowest BCUT2D eigenvalue weighted by molar-refractivity contribution is 1.17. The number of para-hydroxylation sites is 7. The molecule has 0 unspecified atom stereocenters. The number of rotatable bonds is 5. The minimum Gasteiger partial charge on any atom is -0.309 e. The Morgan fingerprint density at radius 2 is 0.765 bits per heavy atom. The van der Waals surface area contributed by atoms with Gasteiger partial charge in [0.1, 0.15) is 0 Å². The van der Waals surface area contributed by atoms with E-state index < -0.39 is 0 Å². The van der Waals surface area contributed by atoms with Gasteiger partial charge in [-0.1, -0.05) is 146 Å². The molecule has 0 spiro atoms. The number of thiophene rings is 1. The zero-order valence-electron chi connectivity index (χ0n) is 36.5. The van der Waals surface area contributed by atoms with Crippen molar-refractivity contribution in [2.45, 2.75) is 0 Å². The molecule has 5 heterocycles. The van der Waals surface area contributed by atoms with E-state index in [1.54, 1.807) is 6.20 Å². The maximum Gasteiger partial charge on any atom is 0.0966 e. The molecule has 0 saturated heterocycles. The molecule has 5 nitrogen and oxygen atoms in total. The Kier molecular flexibility index (Phi) is 7.88. The van der Waals surface area contributed by atoms with E-state index in [2.05, 4.69) is 226 Å². The first kappa shape index (κ1) is 37.4. The van der Waals surface area contributed by atoms with E-state index in [0.717, 1.165) is 50.3 Å². The molecule has 0 aliphatic heterocycles. The fraction of sp³-hybridized carbons (Fsp3) is 0. The number of nitrogens with zero attached hydrogens (tertiary/aromatic N) is 5. The number of benzene rings is 10. The van der Waals surface area contributed by atoms with Gasteiger partial charge >= 0.3 is 0 Å². The summed E-state index contributed by atoms with van der Waals surface area (Å²) in [5.41, 5.74) is 16.6. The number of hydrogen-bond acceptors (Lipinski definition) is 3. The zero-order chi connectivity index (χ0) is 44.5. The van der Waals surface area contributed by atoms with Gasteiger partial charge in [-0.15, -0.1) is 11.3 Å². The molecule has 0 atom stereocenters. The standard InChI is InChI=1S/C62H37N5S/c1-8-25-52-40(16-1)41-17-2-9-26-53(41)65(52)39-36-49(60-51(37-39)63-32-33-64-60)38-34-50-48-24-15-23-47(46-22-7-14-31-58(46)66-54-27-10-3-18-42(54)43-19-4-11-28-55(43)66)61(48)68-62(50)59(35-38)67-56-29-12-5-20-44(56)45-21-6-13-30-57(45)67/h1-37H.